The summed E-state index contributed by atoms with van der Waals surface area (Å²) in [6.45, 7) is 0.731. The molecule has 2 heterocycles. The van der Waals surface area contributed by atoms with Gasteiger partial charge in [-0.25, -0.2) is 13.8 Å². The monoisotopic (exact) mass is 302 g/mol. The minimum absolute atomic E-state index is 0.204. The van der Waals surface area contributed by atoms with Gasteiger partial charge >= 0.3 is 0 Å². The van der Waals surface area contributed by atoms with E-state index in [1.54, 1.807) is 0 Å². The third-order valence-corrected chi connectivity index (χ3v) is 4.91. The zero-order valence-corrected chi connectivity index (χ0v) is 11.8. The molecule has 0 bridgehead atoms. The summed E-state index contributed by atoms with van der Waals surface area (Å²) in [5, 5.41) is 0. The molecule has 1 fully saturated rings. The van der Waals surface area contributed by atoms with Gasteiger partial charge in [0, 0.05) is 12.6 Å². The van der Waals surface area contributed by atoms with E-state index in [4.69, 9.17) is 11.6 Å². The Balaban J connectivity index is 2.09. The first-order valence-electron chi connectivity index (χ1n) is 6.17. The fourth-order valence-corrected chi connectivity index (χ4v) is 3.96. The Labute approximate surface area is 119 Å². The van der Waals surface area contributed by atoms with Gasteiger partial charge in [-0.1, -0.05) is 0 Å². The molecular weight excluding hydrogens is 290 g/mol. The van der Waals surface area contributed by atoms with E-state index < -0.39 is 11.6 Å². The third-order valence-electron chi connectivity index (χ3n) is 3.44. The highest BCUT2D eigenvalue weighted by Crippen LogP contribution is 2.28. The zero-order chi connectivity index (χ0) is 13.4. The Hall–Kier alpha value is -0.810. The van der Waals surface area contributed by atoms with Crippen molar-refractivity contribution in [3.05, 3.63) is 29.6 Å². The second kappa shape index (κ2) is 5.29. The van der Waals surface area contributed by atoms with Gasteiger partial charge < -0.3 is 4.57 Å². The van der Waals surface area contributed by atoms with E-state index in [2.05, 4.69) is 4.98 Å². The zero-order valence-electron chi connectivity index (χ0n) is 10.2. The largest absolute Gasteiger partial charge is 0.326 e. The normalized spacial score (nSPS) is 19.4. The Morgan fingerprint density at radius 3 is 2.95 bits per heavy atom. The molecule has 0 saturated carbocycles. The minimum atomic E-state index is -0.624. The number of aromatic nitrogens is 2. The first-order chi connectivity index (χ1) is 9.19. The molecule has 1 atom stereocenters. The predicted octanol–water partition coefficient (Wildman–Crippen LogP) is 3.81. The number of imidazole rings is 1. The molecule has 2 aromatic rings. The molecule has 1 aromatic heterocycles. The van der Waals surface area contributed by atoms with E-state index in [-0.39, 0.29) is 11.4 Å². The van der Waals surface area contributed by atoms with Crippen molar-refractivity contribution in [1.29, 1.82) is 0 Å². The average Bonchev–Trinajstić information content (AvgIpc) is 2.99. The fourth-order valence-electron chi connectivity index (χ4n) is 2.49. The van der Waals surface area contributed by atoms with Gasteiger partial charge in [0.25, 0.3) is 0 Å². The second-order valence-electron chi connectivity index (χ2n) is 4.76. The van der Waals surface area contributed by atoms with Crippen LogP contribution in [0.15, 0.2) is 12.1 Å². The molecule has 0 aliphatic carbocycles. The maximum absolute atomic E-state index is 13.7. The van der Waals surface area contributed by atoms with Crippen LogP contribution in [0, 0.1) is 17.6 Å². The maximum atomic E-state index is 13.7. The Morgan fingerprint density at radius 1 is 1.42 bits per heavy atom. The number of halogens is 3. The van der Waals surface area contributed by atoms with Crippen LogP contribution in [0.4, 0.5) is 8.78 Å². The van der Waals surface area contributed by atoms with E-state index >= 15 is 0 Å². The molecule has 6 heteroatoms. The average molecular weight is 303 g/mol. The molecule has 0 spiro atoms. The summed E-state index contributed by atoms with van der Waals surface area (Å²) < 4.78 is 29.0. The van der Waals surface area contributed by atoms with Crippen LogP contribution in [-0.4, -0.2) is 21.1 Å². The van der Waals surface area contributed by atoms with Crippen molar-refractivity contribution in [2.75, 3.05) is 11.5 Å². The summed E-state index contributed by atoms with van der Waals surface area (Å²) in [6.07, 6.45) is 1.13. The van der Waals surface area contributed by atoms with E-state index in [0.717, 1.165) is 30.5 Å². The Kier molecular flexibility index (Phi) is 3.67. The standard InChI is InChI=1S/C13H13ClF2N2S/c14-5-12-17-13-10(16)3-9(15)4-11(13)18(12)6-8-1-2-19-7-8/h3-4,8H,1-2,5-7H2. The Morgan fingerprint density at radius 2 is 2.26 bits per heavy atom. The number of rotatable bonds is 3. The van der Waals surface area contributed by atoms with Crippen molar-refractivity contribution in [1.82, 2.24) is 9.55 Å². The molecule has 1 aliphatic rings. The maximum Gasteiger partial charge on any atom is 0.153 e. The highest BCUT2D eigenvalue weighted by atomic mass is 35.5. The molecule has 0 amide bonds. The second-order valence-corrected chi connectivity index (χ2v) is 6.17. The summed E-state index contributed by atoms with van der Waals surface area (Å²) in [4.78, 5) is 4.20. The minimum Gasteiger partial charge on any atom is -0.326 e. The van der Waals surface area contributed by atoms with Crippen molar-refractivity contribution in [3.63, 3.8) is 0 Å². The summed E-state index contributed by atoms with van der Waals surface area (Å²) in [5.41, 5.74) is 0.716. The number of hydrogen-bond acceptors (Lipinski definition) is 2. The van der Waals surface area contributed by atoms with Crippen molar-refractivity contribution in [3.8, 4) is 0 Å². The molecule has 1 unspecified atom stereocenters. The summed E-state index contributed by atoms with van der Waals surface area (Å²) >= 11 is 7.79. The highest BCUT2D eigenvalue weighted by Gasteiger charge is 2.21. The fraction of sp³-hybridized carbons (Fsp3) is 0.462. The molecule has 19 heavy (non-hydrogen) atoms. The number of fused-ring (bicyclic) bond motifs is 1. The SMILES string of the molecule is Fc1cc(F)c2nc(CCl)n(CC3CCSC3)c2c1. The Bertz CT molecular complexity index is 608. The molecule has 3 rings (SSSR count). The van der Waals surface area contributed by atoms with Gasteiger partial charge in [0.05, 0.1) is 11.4 Å². The molecule has 102 valence electrons. The molecule has 2 nitrogen and oxygen atoms in total. The van der Waals surface area contributed by atoms with Crippen LogP contribution in [-0.2, 0) is 12.4 Å². The molecule has 1 aliphatic heterocycles. The van der Waals surface area contributed by atoms with Crippen LogP contribution >= 0.6 is 23.4 Å². The van der Waals surface area contributed by atoms with Crippen molar-refractivity contribution < 1.29 is 8.78 Å². The van der Waals surface area contributed by atoms with E-state index in [1.165, 1.54) is 6.07 Å². The van der Waals surface area contributed by atoms with E-state index in [1.807, 2.05) is 16.3 Å². The predicted molar refractivity (Wildman–Crippen MR) is 74.6 cm³/mol. The van der Waals surface area contributed by atoms with Gasteiger partial charge in [-0.15, -0.1) is 11.6 Å². The third kappa shape index (κ3) is 2.46. The molecular formula is C13H13ClF2N2S. The van der Waals surface area contributed by atoms with Crippen LogP contribution in [0.25, 0.3) is 11.0 Å². The summed E-state index contributed by atoms with van der Waals surface area (Å²) in [6, 6.07) is 2.20. The van der Waals surface area contributed by atoms with Gasteiger partial charge in [0.1, 0.15) is 17.2 Å². The van der Waals surface area contributed by atoms with Crippen LogP contribution < -0.4 is 0 Å². The van der Waals surface area contributed by atoms with Crippen LogP contribution in [0.5, 0.6) is 0 Å². The topological polar surface area (TPSA) is 17.8 Å². The molecule has 1 aromatic carbocycles. The number of hydrogen-bond donors (Lipinski definition) is 0. The van der Waals surface area contributed by atoms with Gasteiger partial charge in [0.15, 0.2) is 5.82 Å². The lowest BCUT2D eigenvalue weighted by atomic mass is 10.1. The van der Waals surface area contributed by atoms with Gasteiger partial charge in [-0.05, 0) is 29.9 Å². The first-order valence-corrected chi connectivity index (χ1v) is 7.86. The lowest BCUT2D eigenvalue weighted by Crippen LogP contribution is -2.12. The van der Waals surface area contributed by atoms with Crippen molar-refractivity contribution in [2.24, 2.45) is 5.92 Å². The number of nitrogens with zero attached hydrogens (tertiary/aromatic N) is 2. The van der Waals surface area contributed by atoms with E-state index in [0.29, 0.717) is 17.3 Å². The lowest BCUT2D eigenvalue weighted by Gasteiger charge is -2.12. The molecule has 1 saturated heterocycles. The smallest absolute Gasteiger partial charge is 0.153 e. The van der Waals surface area contributed by atoms with Crippen molar-refractivity contribution in [2.45, 2.75) is 18.8 Å². The number of benzene rings is 1. The lowest BCUT2D eigenvalue weighted by molar-refractivity contribution is 0.492. The summed E-state index contributed by atoms with van der Waals surface area (Å²) in [5.74, 6) is 2.37. The number of alkyl halides is 1. The van der Waals surface area contributed by atoms with Crippen LogP contribution in [0.1, 0.15) is 12.2 Å². The summed E-state index contributed by atoms with van der Waals surface area (Å²) in [7, 11) is 0. The number of thioether (sulfide) groups is 1. The van der Waals surface area contributed by atoms with Gasteiger partial charge in [-0.2, -0.15) is 11.8 Å². The van der Waals surface area contributed by atoms with Crippen LogP contribution in [0.2, 0.25) is 0 Å². The van der Waals surface area contributed by atoms with Gasteiger partial charge in [-0.3, -0.25) is 0 Å². The first kappa shape index (κ1) is 13.2. The van der Waals surface area contributed by atoms with Crippen LogP contribution in [0.3, 0.4) is 0 Å². The molecule has 0 N–H and O–H groups in total. The van der Waals surface area contributed by atoms with Gasteiger partial charge in [0.2, 0.25) is 0 Å². The van der Waals surface area contributed by atoms with E-state index in [9.17, 15) is 8.78 Å². The molecule has 0 radical (unpaired) electrons. The highest BCUT2D eigenvalue weighted by molar-refractivity contribution is 7.99. The van der Waals surface area contributed by atoms with Crippen molar-refractivity contribution >= 4 is 34.4 Å². The quantitative estimate of drug-likeness (QED) is 0.803.